The number of ether oxygens (including phenoxy) is 1. The fourth-order valence-corrected chi connectivity index (χ4v) is 4.11. The average molecular weight is 334 g/mol. The molecule has 0 spiro atoms. The van der Waals surface area contributed by atoms with Crippen molar-refractivity contribution < 1.29 is 4.74 Å². The second-order valence-electron chi connectivity index (χ2n) is 6.54. The number of hydrogen-bond acceptors (Lipinski definition) is 4. The number of halogens is 1. The summed E-state index contributed by atoms with van der Waals surface area (Å²) in [7, 11) is 1.81. The van der Waals surface area contributed by atoms with Crippen molar-refractivity contribution in [1.82, 2.24) is 10.2 Å². The van der Waals surface area contributed by atoms with Crippen LogP contribution in [0.3, 0.4) is 0 Å². The van der Waals surface area contributed by atoms with Gasteiger partial charge in [0.15, 0.2) is 0 Å². The normalized spacial score (nSPS) is 28.1. The molecule has 2 fully saturated rings. The van der Waals surface area contributed by atoms with Gasteiger partial charge in [-0.3, -0.25) is 4.90 Å². The molecule has 1 saturated heterocycles. The predicted octanol–water partition coefficient (Wildman–Crippen LogP) is 2.94. The van der Waals surface area contributed by atoms with E-state index in [1.54, 1.807) is 6.07 Å². The van der Waals surface area contributed by atoms with E-state index < -0.39 is 0 Å². The average Bonchev–Trinajstić information content (AvgIpc) is 3.22. The fourth-order valence-electron chi connectivity index (χ4n) is 3.86. The molecule has 23 heavy (non-hydrogen) atoms. The van der Waals surface area contributed by atoms with Gasteiger partial charge in [-0.2, -0.15) is 5.26 Å². The van der Waals surface area contributed by atoms with Gasteiger partial charge in [-0.25, -0.2) is 0 Å². The largest absolute Gasteiger partial charge is 0.380 e. The van der Waals surface area contributed by atoms with Crippen molar-refractivity contribution in [2.75, 3.05) is 20.2 Å². The van der Waals surface area contributed by atoms with Gasteiger partial charge in [0.25, 0.3) is 0 Å². The molecule has 3 atom stereocenters. The maximum atomic E-state index is 8.91. The molecule has 1 aromatic rings. The molecule has 5 heteroatoms. The van der Waals surface area contributed by atoms with Crippen molar-refractivity contribution in [3.05, 3.63) is 34.3 Å². The van der Waals surface area contributed by atoms with E-state index in [0.717, 1.165) is 31.6 Å². The van der Waals surface area contributed by atoms with Crippen LogP contribution in [0.25, 0.3) is 0 Å². The predicted molar refractivity (Wildman–Crippen MR) is 91.4 cm³/mol. The van der Waals surface area contributed by atoms with Crippen LogP contribution in [0.5, 0.6) is 0 Å². The van der Waals surface area contributed by atoms with E-state index in [4.69, 9.17) is 21.6 Å². The van der Waals surface area contributed by atoms with E-state index in [1.807, 2.05) is 19.2 Å². The SMILES string of the molecule is COC1CCN([C@H]2CCC[C@H]2NCc2ccc(C#N)cc2Cl)C1. The number of nitriles is 1. The van der Waals surface area contributed by atoms with Crippen LogP contribution in [0.1, 0.15) is 36.8 Å². The number of hydrogen-bond donors (Lipinski definition) is 1. The van der Waals surface area contributed by atoms with Gasteiger partial charge in [-0.05, 0) is 37.0 Å². The van der Waals surface area contributed by atoms with Gasteiger partial charge >= 0.3 is 0 Å². The minimum Gasteiger partial charge on any atom is -0.380 e. The van der Waals surface area contributed by atoms with Crippen molar-refractivity contribution in [3.63, 3.8) is 0 Å². The lowest BCUT2D eigenvalue weighted by molar-refractivity contribution is 0.0979. The molecule has 0 amide bonds. The van der Waals surface area contributed by atoms with Crippen LogP contribution in [-0.2, 0) is 11.3 Å². The van der Waals surface area contributed by atoms with Gasteiger partial charge < -0.3 is 10.1 Å². The lowest BCUT2D eigenvalue weighted by atomic mass is 10.1. The minimum absolute atomic E-state index is 0.393. The number of nitrogens with zero attached hydrogens (tertiary/aromatic N) is 2. The van der Waals surface area contributed by atoms with Crippen molar-refractivity contribution >= 4 is 11.6 Å². The highest BCUT2D eigenvalue weighted by Crippen LogP contribution is 2.28. The van der Waals surface area contributed by atoms with Gasteiger partial charge in [0, 0.05) is 43.9 Å². The Hall–Kier alpha value is -1.12. The van der Waals surface area contributed by atoms with E-state index in [9.17, 15) is 0 Å². The molecule has 124 valence electrons. The lowest BCUT2D eigenvalue weighted by Crippen LogP contribution is -2.46. The zero-order valence-electron chi connectivity index (χ0n) is 13.6. The monoisotopic (exact) mass is 333 g/mol. The van der Waals surface area contributed by atoms with Crippen molar-refractivity contribution in [2.24, 2.45) is 0 Å². The molecule has 1 saturated carbocycles. The number of benzene rings is 1. The van der Waals surface area contributed by atoms with Crippen molar-refractivity contribution in [1.29, 1.82) is 5.26 Å². The van der Waals surface area contributed by atoms with E-state index in [0.29, 0.717) is 28.8 Å². The van der Waals surface area contributed by atoms with E-state index in [1.165, 1.54) is 19.3 Å². The minimum atomic E-state index is 0.393. The Morgan fingerprint density at radius 3 is 2.96 bits per heavy atom. The molecule has 1 aromatic carbocycles. The van der Waals surface area contributed by atoms with Gasteiger partial charge in [-0.1, -0.05) is 24.1 Å². The van der Waals surface area contributed by atoms with Gasteiger partial charge in [-0.15, -0.1) is 0 Å². The Bertz CT molecular complexity index is 586. The van der Waals surface area contributed by atoms with Crippen LogP contribution < -0.4 is 5.32 Å². The molecule has 1 aliphatic heterocycles. The fraction of sp³-hybridized carbons (Fsp3) is 0.611. The molecule has 0 bridgehead atoms. The third kappa shape index (κ3) is 3.87. The zero-order chi connectivity index (χ0) is 16.2. The van der Waals surface area contributed by atoms with Crippen LogP contribution in [0.4, 0.5) is 0 Å². The molecule has 0 radical (unpaired) electrons. The van der Waals surface area contributed by atoms with Crippen LogP contribution in [0.2, 0.25) is 5.02 Å². The van der Waals surface area contributed by atoms with Gasteiger partial charge in [0.2, 0.25) is 0 Å². The first-order chi connectivity index (χ1) is 11.2. The Morgan fingerprint density at radius 1 is 1.39 bits per heavy atom. The molecule has 3 rings (SSSR count). The molecular formula is C18H24ClN3O. The van der Waals surface area contributed by atoms with Gasteiger partial charge in [0.05, 0.1) is 17.7 Å². The Labute approximate surface area is 143 Å². The first-order valence-corrected chi connectivity index (χ1v) is 8.78. The molecule has 1 heterocycles. The second kappa shape index (κ2) is 7.63. The molecule has 1 aliphatic carbocycles. The first kappa shape index (κ1) is 16.7. The number of nitrogens with one attached hydrogen (secondary N) is 1. The summed E-state index contributed by atoms with van der Waals surface area (Å²) in [6, 6.07) is 8.77. The molecular weight excluding hydrogens is 310 g/mol. The maximum Gasteiger partial charge on any atom is 0.0992 e. The molecule has 2 aliphatic rings. The topological polar surface area (TPSA) is 48.3 Å². The van der Waals surface area contributed by atoms with Crippen molar-refractivity contribution in [2.45, 2.75) is 50.4 Å². The quantitative estimate of drug-likeness (QED) is 0.900. The third-order valence-corrected chi connectivity index (χ3v) is 5.55. The summed E-state index contributed by atoms with van der Waals surface area (Å²) in [4.78, 5) is 2.58. The Kier molecular flexibility index (Phi) is 5.55. The summed E-state index contributed by atoms with van der Waals surface area (Å²) in [6.07, 6.45) is 5.28. The Morgan fingerprint density at radius 2 is 2.26 bits per heavy atom. The number of rotatable bonds is 5. The summed E-state index contributed by atoms with van der Waals surface area (Å²) >= 11 is 6.28. The number of methoxy groups -OCH3 is 1. The van der Waals surface area contributed by atoms with Crippen LogP contribution in [-0.4, -0.2) is 43.3 Å². The summed E-state index contributed by atoms with van der Waals surface area (Å²) in [6.45, 7) is 2.95. The number of likely N-dealkylation sites (tertiary alicyclic amines) is 1. The van der Waals surface area contributed by atoms with E-state index in [2.05, 4.69) is 16.3 Å². The second-order valence-corrected chi connectivity index (χ2v) is 6.95. The highest BCUT2D eigenvalue weighted by atomic mass is 35.5. The Balaban J connectivity index is 1.58. The van der Waals surface area contributed by atoms with Crippen LogP contribution in [0, 0.1) is 11.3 Å². The molecule has 1 unspecified atom stereocenters. The standard InChI is InChI=1S/C18H24ClN3O/c1-23-15-7-8-22(12-15)18-4-2-3-17(18)21-11-14-6-5-13(10-20)9-16(14)19/h5-6,9,15,17-18,21H,2-4,7-8,11-12H2,1H3/t15?,17-,18+/m1/s1. The van der Waals surface area contributed by atoms with E-state index in [-0.39, 0.29) is 0 Å². The third-order valence-electron chi connectivity index (χ3n) is 5.20. The van der Waals surface area contributed by atoms with Crippen molar-refractivity contribution in [3.8, 4) is 6.07 Å². The zero-order valence-corrected chi connectivity index (χ0v) is 14.4. The highest BCUT2D eigenvalue weighted by Gasteiger charge is 2.35. The summed E-state index contributed by atoms with van der Waals surface area (Å²) in [5.41, 5.74) is 1.67. The van der Waals surface area contributed by atoms with Crippen LogP contribution in [0.15, 0.2) is 18.2 Å². The molecule has 4 nitrogen and oxygen atoms in total. The smallest absolute Gasteiger partial charge is 0.0992 e. The maximum absolute atomic E-state index is 8.91. The lowest BCUT2D eigenvalue weighted by Gasteiger charge is -2.30. The van der Waals surface area contributed by atoms with Crippen LogP contribution >= 0.6 is 11.6 Å². The van der Waals surface area contributed by atoms with E-state index >= 15 is 0 Å². The highest BCUT2D eigenvalue weighted by molar-refractivity contribution is 6.31. The van der Waals surface area contributed by atoms with Gasteiger partial charge in [0.1, 0.15) is 0 Å². The summed E-state index contributed by atoms with van der Waals surface area (Å²) < 4.78 is 5.50. The molecule has 0 aromatic heterocycles. The summed E-state index contributed by atoms with van der Waals surface area (Å²) in [5, 5.41) is 13.3. The first-order valence-electron chi connectivity index (χ1n) is 8.40. The summed E-state index contributed by atoms with van der Waals surface area (Å²) in [5.74, 6) is 0. The molecule has 1 N–H and O–H groups in total.